The first kappa shape index (κ1) is 29.7. The zero-order valence-electron chi connectivity index (χ0n) is 24.1. The quantitative estimate of drug-likeness (QED) is 0.201. The Bertz CT molecular complexity index is 1240. The lowest BCUT2D eigenvalue weighted by atomic mass is 9.84. The summed E-state index contributed by atoms with van der Waals surface area (Å²) in [5.41, 5.74) is 4.59. The van der Waals surface area contributed by atoms with Crippen LogP contribution in [0.4, 0.5) is 0 Å². The van der Waals surface area contributed by atoms with Crippen molar-refractivity contribution in [2.45, 2.75) is 83.5 Å². The highest BCUT2D eigenvalue weighted by molar-refractivity contribution is 8.09. The number of hydrogen-bond donors (Lipinski definition) is 1. The van der Waals surface area contributed by atoms with E-state index in [1.807, 2.05) is 36.4 Å². The predicted molar refractivity (Wildman–Crippen MR) is 163 cm³/mol. The lowest BCUT2D eigenvalue weighted by Gasteiger charge is -2.22. The van der Waals surface area contributed by atoms with Crippen molar-refractivity contribution in [2.75, 3.05) is 6.73 Å². The van der Waals surface area contributed by atoms with Crippen LogP contribution in [-0.2, 0) is 21.4 Å². The molecule has 1 fully saturated rings. The first-order chi connectivity index (χ1) is 19.2. The third-order valence-electron chi connectivity index (χ3n) is 7.56. The van der Waals surface area contributed by atoms with E-state index < -0.39 is 0 Å². The molecule has 1 aliphatic rings. The standard InChI is InChI=1S/C34H41NO4S/c1-24(36)40-39-31-18-10-25(11-19-31)22-32(28-12-16-29(17-13-28)34(2,3)4)33(37)35-23-38-30-20-14-27(15-21-30)26-8-6-5-7-9-26/h10-21,26,32H,5-9,22-23H2,1-4H3,(H,35,37). The Balaban J connectivity index is 1.41. The van der Waals surface area contributed by atoms with Gasteiger partial charge in [0, 0.05) is 6.92 Å². The molecule has 212 valence electrons. The lowest BCUT2D eigenvalue weighted by molar-refractivity contribution is -0.123. The zero-order valence-corrected chi connectivity index (χ0v) is 24.9. The van der Waals surface area contributed by atoms with Gasteiger partial charge in [-0.15, -0.1) is 0 Å². The number of amides is 1. The molecule has 0 saturated heterocycles. The van der Waals surface area contributed by atoms with Gasteiger partial charge >= 0.3 is 0 Å². The molecule has 3 aromatic rings. The normalized spacial score (nSPS) is 14.8. The summed E-state index contributed by atoms with van der Waals surface area (Å²) in [6.07, 6.45) is 7.02. The molecule has 4 rings (SSSR count). The number of carbonyl (C=O) groups excluding carboxylic acids is 2. The maximum atomic E-state index is 13.5. The van der Waals surface area contributed by atoms with Crippen molar-refractivity contribution in [2.24, 2.45) is 0 Å². The van der Waals surface area contributed by atoms with E-state index in [2.05, 4.69) is 62.5 Å². The number of ether oxygens (including phenoxy) is 1. The second kappa shape index (κ2) is 13.9. The Labute approximate surface area is 243 Å². The molecule has 5 nitrogen and oxygen atoms in total. The van der Waals surface area contributed by atoms with Crippen LogP contribution in [0.3, 0.4) is 0 Å². The van der Waals surface area contributed by atoms with Gasteiger partial charge < -0.3 is 14.2 Å². The van der Waals surface area contributed by atoms with E-state index in [1.54, 1.807) is 0 Å². The Hall–Kier alpha value is -3.25. The van der Waals surface area contributed by atoms with Gasteiger partial charge in [-0.3, -0.25) is 9.59 Å². The maximum Gasteiger partial charge on any atom is 0.230 e. The Kier molecular flexibility index (Phi) is 10.3. The predicted octanol–water partition coefficient (Wildman–Crippen LogP) is 8.08. The highest BCUT2D eigenvalue weighted by Gasteiger charge is 2.23. The highest BCUT2D eigenvalue weighted by Crippen LogP contribution is 2.33. The molecule has 1 N–H and O–H groups in total. The minimum absolute atomic E-state index is 0.0321. The molecule has 1 unspecified atom stereocenters. The van der Waals surface area contributed by atoms with Gasteiger partial charge in [0.25, 0.3) is 0 Å². The van der Waals surface area contributed by atoms with Crippen molar-refractivity contribution in [1.82, 2.24) is 5.32 Å². The Morgan fingerprint density at radius 1 is 0.875 bits per heavy atom. The molecule has 0 aliphatic heterocycles. The fourth-order valence-electron chi connectivity index (χ4n) is 5.19. The molecular formula is C34H41NO4S. The molecule has 1 saturated carbocycles. The van der Waals surface area contributed by atoms with E-state index >= 15 is 0 Å². The van der Waals surface area contributed by atoms with Gasteiger partial charge in [0.15, 0.2) is 6.73 Å². The van der Waals surface area contributed by atoms with E-state index in [4.69, 9.17) is 8.92 Å². The van der Waals surface area contributed by atoms with Crippen LogP contribution in [0.2, 0.25) is 0 Å². The summed E-state index contributed by atoms with van der Waals surface area (Å²) in [5, 5.41) is 2.88. The van der Waals surface area contributed by atoms with E-state index in [9.17, 15) is 9.59 Å². The first-order valence-corrected chi connectivity index (χ1v) is 15.0. The second-order valence-electron chi connectivity index (χ2n) is 11.7. The third-order valence-corrected chi connectivity index (χ3v) is 8.07. The Morgan fingerprint density at radius 3 is 2.10 bits per heavy atom. The summed E-state index contributed by atoms with van der Waals surface area (Å²) < 4.78 is 11.3. The summed E-state index contributed by atoms with van der Waals surface area (Å²) in [6.45, 7) is 8.11. The van der Waals surface area contributed by atoms with Gasteiger partial charge in [0.1, 0.15) is 23.5 Å². The summed E-state index contributed by atoms with van der Waals surface area (Å²) >= 11 is 0.807. The number of benzene rings is 3. The van der Waals surface area contributed by atoms with Gasteiger partial charge in [-0.2, -0.15) is 0 Å². The van der Waals surface area contributed by atoms with Gasteiger partial charge in [-0.1, -0.05) is 88.6 Å². The number of nitrogens with one attached hydrogen (secondary N) is 1. The first-order valence-electron chi connectivity index (χ1n) is 14.2. The van der Waals surface area contributed by atoms with Crippen LogP contribution in [0, 0.1) is 0 Å². The summed E-state index contributed by atoms with van der Waals surface area (Å²) in [5.74, 6) is 1.54. The van der Waals surface area contributed by atoms with Crippen molar-refractivity contribution in [3.63, 3.8) is 0 Å². The largest absolute Gasteiger partial charge is 0.473 e. The fourth-order valence-corrected chi connectivity index (χ4v) is 5.51. The summed E-state index contributed by atoms with van der Waals surface area (Å²) in [6, 6.07) is 24.2. The van der Waals surface area contributed by atoms with E-state index in [0.717, 1.165) is 28.9 Å². The Morgan fingerprint density at radius 2 is 1.50 bits per heavy atom. The maximum absolute atomic E-state index is 13.5. The summed E-state index contributed by atoms with van der Waals surface area (Å²) in [7, 11) is 0. The number of carbonyl (C=O) groups is 2. The molecule has 1 amide bonds. The molecule has 0 heterocycles. The van der Waals surface area contributed by atoms with Crippen molar-refractivity contribution in [3.8, 4) is 11.5 Å². The highest BCUT2D eigenvalue weighted by atomic mass is 32.2. The van der Waals surface area contributed by atoms with Crippen LogP contribution in [-0.4, -0.2) is 17.8 Å². The van der Waals surface area contributed by atoms with Crippen LogP contribution >= 0.6 is 12.0 Å². The SMILES string of the molecule is CC(=O)SOc1ccc(CC(C(=O)NCOc2ccc(C3CCCCC3)cc2)c2ccc(C(C)(C)C)cc2)cc1. The number of hydrogen-bond acceptors (Lipinski definition) is 5. The van der Waals surface area contributed by atoms with Crippen LogP contribution < -0.4 is 14.2 Å². The zero-order chi connectivity index (χ0) is 28.5. The van der Waals surface area contributed by atoms with E-state index in [-0.39, 0.29) is 29.1 Å². The molecule has 1 aliphatic carbocycles. The molecule has 0 bridgehead atoms. The van der Waals surface area contributed by atoms with E-state index in [0.29, 0.717) is 18.1 Å². The fraction of sp³-hybridized carbons (Fsp3) is 0.412. The molecule has 1 atom stereocenters. The van der Waals surface area contributed by atoms with Crippen LogP contribution in [0.15, 0.2) is 72.8 Å². The van der Waals surface area contributed by atoms with Crippen molar-refractivity contribution in [1.29, 1.82) is 0 Å². The minimum atomic E-state index is -0.385. The van der Waals surface area contributed by atoms with Crippen LogP contribution in [0.1, 0.15) is 93.9 Å². The average Bonchev–Trinajstić information content (AvgIpc) is 2.96. The molecular weight excluding hydrogens is 518 g/mol. The van der Waals surface area contributed by atoms with Crippen LogP contribution in [0.25, 0.3) is 0 Å². The van der Waals surface area contributed by atoms with Gasteiger partial charge in [-0.25, -0.2) is 0 Å². The molecule has 0 radical (unpaired) electrons. The number of rotatable bonds is 10. The van der Waals surface area contributed by atoms with E-state index in [1.165, 1.54) is 50.2 Å². The van der Waals surface area contributed by atoms with Crippen molar-refractivity contribution < 1.29 is 18.5 Å². The smallest absolute Gasteiger partial charge is 0.230 e. The monoisotopic (exact) mass is 559 g/mol. The molecule has 40 heavy (non-hydrogen) atoms. The van der Waals surface area contributed by atoms with Gasteiger partial charge in [-0.05, 0) is 77.1 Å². The molecule has 0 spiro atoms. The van der Waals surface area contributed by atoms with Crippen LogP contribution in [0.5, 0.6) is 11.5 Å². The van der Waals surface area contributed by atoms with Crippen molar-refractivity contribution in [3.05, 3.63) is 95.1 Å². The molecule has 3 aromatic carbocycles. The van der Waals surface area contributed by atoms with Crippen molar-refractivity contribution >= 4 is 23.1 Å². The topological polar surface area (TPSA) is 64.6 Å². The second-order valence-corrected chi connectivity index (χ2v) is 12.6. The van der Waals surface area contributed by atoms with Gasteiger partial charge in [0.05, 0.1) is 5.92 Å². The average molecular weight is 560 g/mol. The summed E-state index contributed by atoms with van der Waals surface area (Å²) in [4.78, 5) is 24.7. The lowest BCUT2D eigenvalue weighted by Crippen LogP contribution is -2.33. The van der Waals surface area contributed by atoms with Gasteiger partial charge in [0.2, 0.25) is 11.0 Å². The molecule has 6 heteroatoms. The third kappa shape index (κ3) is 8.62. The molecule has 0 aromatic heterocycles. The minimum Gasteiger partial charge on any atom is -0.473 e.